The van der Waals surface area contributed by atoms with Crippen LogP contribution >= 0.6 is 0 Å². The van der Waals surface area contributed by atoms with Gasteiger partial charge in [0, 0.05) is 5.92 Å². The first-order chi connectivity index (χ1) is 13.9. The summed E-state index contributed by atoms with van der Waals surface area (Å²) in [5.41, 5.74) is 7.00. The average Bonchev–Trinajstić information content (AvgIpc) is 3.20. The molecular formula is C19H25ClN5O5-. The van der Waals surface area contributed by atoms with Crippen molar-refractivity contribution in [2.45, 2.75) is 37.8 Å². The highest BCUT2D eigenvalue weighted by atomic mass is 35.5. The molecule has 11 heteroatoms. The lowest BCUT2D eigenvalue weighted by molar-refractivity contribution is -0.138. The number of carboxylic acid groups (broad SMARTS) is 1. The van der Waals surface area contributed by atoms with Crippen molar-refractivity contribution in [3.63, 3.8) is 0 Å². The first-order valence-electron chi connectivity index (χ1n) is 9.52. The van der Waals surface area contributed by atoms with E-state index in [1.807, 2.05) is 0 Å². The summed E-state index contributed by atoms with van der Waals surface area (Å²) in [6, 6.07) is 5.06. The number of amides is 1. The molecule has 2 atom stereocenters. The van der Waals surface area contributed by atoms with E-state index in [4.69, 9.17) is 10.2 Å². The minimum absolute atomic E-state index is 0. The van der Waals surface area contributed by atoms with Gasteiger partial charge in [-0.2, -0.15) is 0 Å². The topological polar surface area (TPSA) is 164 Å². The Morgan fingerprint density at radius 1 is 1.20 bits per heavy atom. The molecule has 1 amide bonds. The molecule has 3 rings (SSSR count). The smallest absolute Gasteiger partial charge is 0.305 e. The molecule has 6 N–H and O–H groups in total. The largest absolute Gasteiger partial charge is 1.00 e. The normalized spacial score (nSPS) is 16.3. The van der Waals surface area contributed by atoms with Gasteiger partial charge < -0.3 is 43.4 Å². The predicted octanol–water partition coefficient (Wildman–Crippen LogP) is -2.35. The van der Waals surface area contributed by atoms with E-state index in [2.05, 4.69) is 20.8 Å². The SMILES string of the molecule is NC(Cc1ccc(O)cc1)c1nnc(C(CC(=O)O)NC(=O)C2CCNCC2)o1.[Cl-]. The molecule has 30 heavy (non-hydrogen) atoms. The van der Waals surface area contributed by atoms with Crippen molar-refractivity contribution in [1.29, 1.82) is 0 Å². The van der Waals surface area contributed by atoms with Gasteiger partial charge in [-0.3, -0.25) is 9.59 Å². The number of piperidine rings is 1. The monoisotopic (exact) mass is 438 g/mol. The molecule has 0 saturated carbocycles. The number of nitrogens with one attached hydrogen (secondary N) is 2. The highest BCUT2D eigenvalue weighted by Gasteiger charge is 2.29. The zero-order chi connectivity index (χ0) is 20.8. The van der Waals surface area contributed by atoms with E-state index >= 15 is 0 Å². The van der Waals surface area contributed by atoms with E-state index in [1.54, 1.807) is 24.3 Å². The van der Waals surface area contributed by atoms with E-state index < -0.39 is 18.1 Å². The molecule has 1 aromatic heterocycles. The van der Waals surface area contributed by atoms with Crippen LogP contribution in [0.2, 0.25) is 0 Å². The Bertz CT molecular complexity index is 838. The summed E-state index contributed by atoms with van der Waals surface area (Å²) in [7, 11) is 0. The van der Waals surface area contributed by atoms with Crippen molar-refractivity contribution in [2.75, 3.05) is 13.1 Å². The molecule has 1 aliphatic rings. The third kappa shape index (κ3) is 6.41. The Morgan fingerprint density at radius 3 is 2.47 bits per heavy atom. The first-order valence-corrected chi connectivity index (χ1v) is 9.52. The number of carbonyl (C=O) groups excluding carboxylic acids is 1. The molecule has 2 unspecified atom stereocenters. The van der Waals surface area contributed by atoms with E-state index in [1.165, 1.54) is 0 Å². The van der Waals surface area contributed by atoms with Crippen LogP contribution in [0.25, 0.3) is 0 Å². The van der Waals surface area contributed by atoms with Crippen molar-refractivity contribution < 1.29 is 36.6 Å². The molecule has 1 aliphatic heterocycles. The maximum atomic E-state index is 12.5. The lowest BCUT2D eigenvalue weighted by Gasteiger charge is -2.23. The van der Waals surface area contributed by atoms with Crippen molar-refractivity contribution in [3.8, 4) is 5.75 Å². The molecule has 0 aliphatic carbocycles. The number of nitrogens with two attached hydrogens (primary N) is 1. The number of benzene rings is 1. The van der Waals surface area contributed by atoms with E-state index in [0.29, 0.717) is 19.3 Å². The molecule has 10 nitrogen and oxygen atoms in total. The predicted molar refractivity (Wildman–Crippen MR) is 102 cm³/mol. The van der Waals surface area contributed by atoms with E-state index in [9.17, 15) is 19.8 Å². The standard InChI is InChI=1S/C19H25N5O5.ClH/c20-14(9-11-1-3-13(25)4-2-11)18-23-24-19(29-18)15(10-16(26)27)22-17(28)12-5-7-21-8-6-12;/h1-4,12,14-15,21,25H,5-10,20H2,(H,22,28)(H,26,27);1H/p-1. The molecule has 1 aromatic carbocycles. The number of aliphatic carboxylic acids is 1. The first kappa shape index (κ1) is 23.6. The zero-order valence-corrected chi connectivity index (χ0v) is 17.0. The van der Waals surface area contributed by atoms with Crippen molar-refractivity contribution in [1.82, 2.24) is 20.8 Å². The average molecular weight is 439 g/mol. The van der Waals surface area contributed by atoms with Crippen LogP contribution in [0.3, 0.4) is 0 Å². The Labute approximate surface area is 179 Å². The summed E-state index contributed by atoms with van der Waals surface area (Å²) in [5, 5.41) is 32.3. The third-order valence-corrected chi connectivity index (χ3v) is 4.87. The summed E-state index contributed by atoms with van der Waals surface area (Å²) in [6.45, 7) is 1.50. The molecule has 2 aromatic rings. The maximum absolute atomic E-state index is 12.5. The molecule has 0 spiro atoms. The lowest BCUT2D eigenvalue weighted by Crippen LogP contribution is -3.00. The number of hydrogen-bond donors (Lipinski definition) is 5. The van der Waals surface area contributed by atoms with Crippen LogP contribution in [-0.4, -0.2) is 45.4 Å². The number of phenolic OH excluding ortho intramolecular Hbond substituents is 1. The second kappa shape index (κ2) is 10.9. The van der Waals surface area contributed by atoms with Gasteiger partial charge in [0.05, 0.1) is 12.5 Å². The summed E-state index contributed by atoms with van der Waals surface area (Å²) >= 11 is 0. The van der Waals surface area contributed by atoms with Gasteiger partial charge in [0.15, 0.2) is 0 Å². The number of nitrogens with zero attached hydrogens (tertiary/aromatic N) is 2. The highest BCUT2D eigenvalue weighted by molar-refractivity contribution is 5.80. The van der Waals surface area contributed by atoms with Crippen LogP contribution in [0.5, 0.6) is 5.75 Å². The number of carbonyl (C=O) groups is 2. The number of carboxylic acids is 1. The van der Waals surface area contributed by atoms with Crippen molar-refractivity contribution in [2.24, 2.45) is 11.7 Å². The van der Waals surface area contributed by atoms with Crippen molar-refractivity contribution in [3.05, 3.63) is 41.6 Å². The molecule has 1 fully saturated rings. The fourth-order valence-corrected chi connectivity index (χ4v) is 3.26. The van der Waals surface area contributed by atoms with Crippen molar-refractivity contribution >= 4 is 11.9 Å². The van der Waals surface area contributed by atoms with Gasteiger partial charge in [0.25, 0.3) is 0 Å². The van der Waals surface area contributed by atoms with Crippen LogP contribution in [0, 0.1) is 5.92 Å². The van der Waals surface area contributed by atoms with E-state index in [-0.39, 0.29) is 48.2 Å². The van der Waals surface area contributed by atoms with Crippen LogP contribution in [0.1, 0.15) is 48.7 Å². The van der Waals surface area contributed by atoms with Gasteiger partial charge in [-0.05, 0) is 50.0 Å². The number of phenols is 1. The van der Waals surface area contributed by atoms with Gasteiger partial charge in [-0.1, -0.05) is 12.1 Å². The summed E-state index contributed by atoms with van der Waals surface area (Å²) in [6.07, 6.45) is 1.41. The Balaban J connectivity index is 0.00000320. The molecule has 0 bridgehead atoms. The number of hydrogen-bond acceptors (Lipinski definition) is 8. The second-order valence-electron chi connectivity index (χ2n) is 7.14. The van der Waals surface area contributed by atoms with Crippen LogP contribution in [-0.2, 0) is 16.0 Å². The lowest BCUT2D eigenvalue weighted by atomic mass is 9.96. The van der Waals surface area contributed by atoms with Gasteiger partial charge in [-0.25, -0.2) is 0 Å². The summed E-state index contributed by atoms with van der Waals surface area (Å²) in [4.78, 5) is 23.8. The summed E-state index contributed by atoms with van der Waals surface area (Å²) < 4.78 is 5.61. The number of rotatable bonds is 8. The van der Waals surface area contributed by atoms with Crippen LogP contribution in [0.15, 0.2) is 28.7 Å². The Morgan fingerprint density at radius 2 is 1.83 bits per heavy atom. The fraction of sp³-hybridized carbons (Fsp3) is 0.474. The molecule has 2 heterocycles. The molecule has 1 saturated heterocycles. The van der Waals surface area contributed by atoms with Crippen LogP contribution < -0.4 is 28.8 Å². The zero-order valence-electron chi connectivity index (χ0n) is 16.3. The number of aromatic nitrogens is 2. The van der Waals surface area contributed by atoms with Gasteiger partial charge in [0.1, 0.15) is 11.8 Å². The fourth-order valence-electron chi connectivity index (χ4n) is 3.26. The van der Waals surface area contributed by atoms with Gasteiger partial charge >= 0.3 is 5.97 Å². The quantitative estimate of drug-likeness (QED) is 0.303. The minimum Gasteiger partial charge on any atom is -1.00 e. The minimum atomic E-state index is -1.09. The number of aromatic hydroxyl groups is 1. The Kier molecular flexibility index (Phi) is 8.58. The summed E-state index contributed by atoms with van der Waals surface area (Å²) in [5.74, 6) is -1.15. The highest BCUT2D eigenvalue weighted by Crippen LogP contribution is 2.22. The molecular weight excluding hydrogens is 414 g/mol. The number of halogens is 1. The van der Waals surface area contributed by atoms with Gasteiger partial charge in [0.2, 0.25) is 17.7 Å². The second-order valence-corrected chi connectivity index (χ2v) is 7.14. The maximum Gasteiger partial charge on any atom is 0.305 e. The molecule has 0 radical (unpaired) electrons. The Hall–Kier alpha value is -2.69. The third-order valence-electron chi connectivity index (χ3n) is 4.87. The molecule has 164 valence electrons. The van der Waals surface area contributed by atoms with Crippen LogP contribution in [0.4, 0.5) is 0 Å². The van der Waals surface area contributed by atoms with Gasteiger partial charge in [-0.15, -0.1) is 10.2 Å². The van der Waals surface area contributed by atoms with E-state index in [0.717, 1.165) is 18.7 Å².